The number of aryl methyl sites for hydroxylation is 1. The highest BCUT2D eigenvalue weighted by Crippen LogP contribution is 2.41. The lowest BCUT2D eigenvalue weighted by atomic mass is 10.0. The van der Waals surface area contributed by atoms with Gasteiger partial charge in [-0.1, -0.05) is 54.6 Å². The first kappa shape index (κ1) is 23.6. The van der Waals surface area contributed by atoms with Crippen LogP contribution in [0, 0.1) is 6.92 Å². The molecule has 0 radical (unpaired) electrons. The van der Waals surface area contributed by atoms with Crippen molar-refractivity contribution in [2.75, 3.05) is 16.0 Å². The Hall–Kier alpha value is -3.58. The normalized spacial score (nSPS) is 15.8. The predicted octanol–water partition coefficient (Wildman–Crippen LogP) is 4.92. The van der Waals surface area contributed by atoms with E-state index < -0.39 is 5.54 Å². The summed E-state index contributed by atoms with van der Waals surface area (Å²) in [5.74, 6) is -0.333. The quantitative estimate of drug-likeness (QED) is 0.533. The van der Waals surface area contributed by atoms with Crippen molar-refractivity contribution < 1.29 is 14.4 Å². The fraction of sp³-hybridized carbons (Fsp3) is 0.222. The number of nitrogens with zero attached hydrogens (tertiary/aromatic N) is 1. The summed E-state index contributed by atoms with van der Waals surface area (Å²) in [7, 11) is 0. The molecule has 1 atom stereocenters. The second kappa shape index (κ2) is 9.73. The molecule has 1 aliphatic heterocycles. The summed E-state index contributed by atoms with van der Waals surface area (Å²) in [5.41, 5.74) is 2.55. The highest BCUT2D eigenvalue weighted by Gasteiger charge is 2.35. The van der Waals surface area contributed by atoms with Gasteiger partial charge in [-0.15, -0.1) is 11.8 Å². The Bertz CT molecular complexity index is 1230. The molecule has 0 spiro atoms. The van der Waals surface area contributed by atoms with Crippen LogP contribution in [-0.2, 0) is 9.59 Å². The van der Waals surface area contributed by atoms with Gasteiger partial charge in [-0.25, -0.2) is 0 Å². The molecule has 1 aliphatic rings. The smallest absolute Gasteiger partial charge is 0.252 e. The van der Waals surface area contributed by atoms with E-state index in [1.807, 2.05) is 67.6 Å². The summed E-state index contributed by atoms with van der Waals surface area (Å²) in [6, 6.07) is 24.3. The number of thioether (sulfide) groups is 1. The molecule has 174 valence electrons. The molecule has 1 heterocycles. The highest BCUT2D eigenvalue weighted by atomic mass is 32.2. The highest BCUT2D eigenvalue weighted by molar-refractivity contribution is 8.00. The Kier molecular flexibility index (Phi) is 6.75. The van der Waals surface area contributed by atoms with Crippen molar-refractivity contribution in [2.45, 2.75) is 31.7 Å². The van der Waals surface area contributed by atoms with Crippen LogP contribution in [0.1, 0.15) is 40.7 Å². The first-order valence-corrected chi connectivity index (χ1v) is 12.1. The second-order valence-electron chi connectivity index (χ2n) is 8.74. The molecule has 3 aromatic rings. The van der Waals surface area contributed by atoms with Crippen LogP contribution in [0.4, 0.5) is 11.4 Å². The molecule has 2 N–H and O–H groups in total. The predicted molar refractivity (Wildman–Crippen MR) is 137 cm³/mol. The third kappa shape index (κ3) is 4.99. The molecule has 3 aromatic carbocycles. The second-order valence-corrected chi connectivity index (χ2v) is 9.80. The number of carbonyl (C=O) groups excluding carboxylic acids is 3. The van der Waals surface area contributed by atoms with Gasteiger partial charge in [-0.3, -0.25) is 19.3 Å². The molecule has 1 fully saturated rings. The lowest BCUT2D eigenvalue weighted by Crippen LogP contribution is -2.52. The summed E-state index contributed by atoms with van der Waals surface area (Å²) < 4.78 is 0. The molecular formula is C27H27N3O3S. The van der Waals surface area contributed by atoms with Crippen LogP contribution in [0.5, 0.6) is 0 Å². The number of hydrogen-bond donors (Lipinski definition) is 2. The van der Waals surface area contributed by atoms with E-state index in [1.165, 1.54) is 0 Å². The third-order valence-electron chi connectivity index (χ3n) is 5.73. The number of para-hydroxylation sites is 1. The molecular weight excluding hydrogens is 446 g/mol. The Morgan fingerprint density at radius 2 is 1.68 bits per heavy atom. The number of hydrogen-bond acceptors (Lipinski definition) is 4. The molecule has 7 heteroatoms. The van der Waals surface area contributed by atoms with Crippen LogP contribution in [0.25, 0.3) is 0 Å². The van der Waals surface area contributed by atoms with Crippen molar-refractivity contribution in [3.63, 3.8) is 0 Å². The minimum Gasteiger partial charge on any atom is -0.338 e. The van der Waals surface area contributed by atoms with Crippen molar-refractivity contribution in [2.24, 2.45) is 0 Å². The fourth-order valence-corrected chi connectivity index (χ4v) is 4.95. The van der Waals surface area contributed by atoms with Gasteiger partial charge in [0, 0.05) is 16.9 Å². The minimum absolute atomic E-state index is 0.00523. The van der Waals surface area contributed by atoms with E-state index in [4.69, 9.17) is 0 Å². The molecule has 0 bridgehead atoms. The van der Waals surface area contributed by atoms with Crippen molar-refractivity contribution in [1.29, 1.82) is 0 Å². The van der Waals surface area contributed by atoms with E-state index in [9.17, 15) is 14.4 Å². The van der Waals surface area contributed by atoms with Gasteiger partial charge < -0.3 is 10.6 Å². The van der Waals surface area contributed by atoms with Gasteiger partial charge in [0.2, 0.25) is 11.8 Å². The van der Waals surface area contributed by atoms with Crippen LogP contribution in [0.2, 0.25) is 0 Å². The van der Waals surface area contributed by atoms with E-state index in [0.717, 1.165) is 11.1 Å². The summed E-state index contributed by atoms with van der Waals surface area (Å²) >= 11 is 1.56. The number of amides is 3. The molecule has 0 unspecified atom stereocenters. The van der Waals surface area contributed by atoms with Gasteiger partial charge in [0.05, 0.1) is 5.75 Å². The number of nitrogens with one attached hydrogen (secondary N) is 2. The summed E-state index contributed by atoms with van der Waals surface area (Å²) in [6.07, 6.45) is 0. The average Bonchev–Trinajstić information content (AvgIpc) is 3.22. The van der Waals surface area contributed by atoms with Gasteiger partial charge in [-0.2, -0.15) is 0 Å². The van der Waals surface area contributed by atoms with Crippen molar-refractivity contribution >= 4 is 40.9 Å². The van der Waals surface area contributed by atoms with Gasteiger partial charge in [-0.05, 0) is 56.2 Å². The van der Waals surface area contributed by atoms with E-state index in [2.05, 4.69) is 10.6 Å². The average molecular weight is 474 g/mol. The molecule has 6 nitrogen and oxygen atoms in total. The van der Waals surface area contributed by atoms with Crippen LogP contribution in [-0.4, -0.2) is 29.0 Å². The van der Waals surface area contributed by atoms with E-state index in [0.29, 0.717) is 22.7 Å². The lowest BCUT2D eigenvalue weighted by Gasteiger charge is -2.27. The number of benzene rings is 3. The van der Waals surface area contributed by atoms with Crippen LogP contribution >= 0.6 is 11.8 Å². The molecule has 0 saturated carbocycles. The summed E-state index contributed by atoms with van der Waals surface area (Å²) in [4.78, 5) is 40.4. The Balaban J connectivity index is 1.52. The topological polar surface area (TPSA) is 78.5 Å². The standard InChI is InChI=1S/C27H27N3O3S/c1-18-10-7-8-15-22(18)28-26(33)27(2,3)29-24(32)20-13-9-14-21(16-20)30-23(31)17-34-25(30)19-11-5-4-6-12-19/h4-16,25H,17H2,1-3H3,(H,28,33)(H,29,32)/t25-/m0/s1. The van der Waals surface area contributed by atoms with Crippen molar-refractivity contribution in [3.05, 3.63) is 95.6 Å². The Morgan fingerprint density at radius 1 is 0.971 bits per heavy atom. The maximum Gasteiger partial charge on any atom is 0.252 e. The maximum absolute atomic E-state index is 13.1. The molecule has 34 heavy (non-hydrogen) atoms. The van der Waals surface area contributed by atoms with Crippen molar-refractivity contribution in [3.8, 4) is 0 Å². The first-order valence-electron chi connectivity index (χ1n) is 11.0. The summed E-state index contributed by atoms with van der Waals surface area (Å²) in [6.45, 7) is 5.23. The van der Waals surface area contributed by atoms with Gasteiger partial charge >= 0.3 is 0 Å². The SMILES string of the molecule is Cc1ccccc1NC(=O)C(C)(C)NC(=O)c1cccc(N2C(=O)CS[C@H]2c2ccccc2)c1. The molecule has 1 saturated heterocycles. The zero-order valence-corrected chi connectivity index (χ0v) is 20.2. The Morgan fingerprint density at radius 3 is 2.41 bits per heavy atom. The van der Waals surface area contributed by atoms with Crippen molar-refractivity contribution in [1.82, 2.24) is 5.32 Å². The van der Waals surface area contributed by atoms with Gasteiger partial charge in [0.1, 0.15) is 10.9 Å². The van der Waals surface area contributed by atoms with Crippen LogP contribution in [0.3, 0.4) is 0 Å². The molecule has 0 aromatic heterocycles. The fourth-order valence-electron chi connectivity index (χ4n) is 3.77. The minimum atomic E-state index is -1.15. The largest absolute Gasteiger partial charge is 0.338 e. The first-order chi connectivity index (χ1) is 16.3. The van der Waals surface area contributed by atoms with Gasteiger partial charge in [0.15, 0.2) is 0 Å². The molecule has 0 aliphatic carbocycles. The maximum atomic E-state index is 13.1. The van der Waals surface area contributed by atoms with Crippen LogP contribution in [0.15, 0.2) is 78.9 Å². The van der Waals surface area contributed by atoms with Gasteiger partial charge in [0.25, 0.3) is 5.91 Å². The van der Waals surface area contributed by atoms with E-state index >= 15 is 0 Å². The van der Waals surface area contributed by atoms with E-state index in [1.54, 1.807) is 48.7 Å². The van der Waals surface area contributed by atoms with Crippen LogP contribution < -0.4 is 15.5 Å². The molecule has 3 amide bonds. The zero-order valence-electron chi connectivity index (χ0n) is 19.4. The number of anilines is 2. The third-order valence-corrected chi connectivity index (χ3v) is 6.94. The number of carbonyl (C=O) groups is 3. The lowest BCUT2D eigenvalue weighted by molar-refractivity contribution is -0.121. The Labute approximate surface area is 203 Å². The monoisotopic (exact) mass is 473 g/mol. The summed E-state index contributed by atoms with van der Waals surface area (Å²) in [5, 5.41) is 5.56. The van der Waals surface area contributed by atoms with E-state index in [-0.39, 0.29) is 23.1 Å². The number of rotatable bonds is 6. The molecule has 4 rings (SSSR count). The zero-order chi connectivity index (χ0) is 24.3.